The highest BCUT2D eigenvalue weighted by molar-refractivity contribution is 5.90. The fourth-order valence-corrected chi connectivity index (χ4v) is 6.67. The van der Waals surface area contributed by atoms with Crippen LogP contribution in [0.4, 0.5) is 17.1 Å². The van der Waals surface area contributed by atoms with E-state index < -0.39 is 5.97 Å². The standard InChI is InChI=1S/C37H29NO2/c1-36(2)31-11-7-5-9-27(31)29-19-17-25(21-33(29)36)38(24-15-13-23(14-16-24)35(39)40)26-18-20-30-28-10-6-8-12-32(28)37(3,4)34(30)22-26/h5-17,19,21-22H,1-4H3,(H,39,40). The van der Waals surface area contributed by atoms with E-state index in [1.807, 2.05) is 12.1 Å². The first-order valence-corrected chi connectivity index (χ1v) is 13.6. The minimum atomic E-state index is -0.938. The average molecular weight is 520 g/mol. The van der Waals surface area contributed by atoms with Crippen LogP contribution in [0.5, 0.6) is 0 Å². The van der Waals surface area contributed by atoms with E-state index in [4.69, 9.17) is 0 Å². The van der Waals surface area contributed by atoms with Gasteiger partial charge in [0.1, 0.15) is 0 Å². The first-order chi connectivity index (χ1) is 19.2. The third-order valence-electron chi connectivity index (χ3n) is 8.85. The number of carboxylic acid groups (broad SMARTS) is 1. The van der Waals surface area contributed by atoms with Crippen LogP contribution in [0.1, 0.15) is 60.3 Å². The monoisotopic (exact) mass is 519 g/mol. The van der Waals surface area contributed by atoms with Crippen molar-refractivity contribution >= 4 is 23.0 Å². The molecule has 0 saturated heterocycles. The van der Waals surface area contributed by atoms with Gasteiger partial charge in [-0.3, -0.25) is 0 Å². The van der Waals surface area contributed by atoms with Crippen molar-refractivity contribution < 1.29 is 9.90 Å². The molecule has 0 atom stereocenters. The molecule has 3 nitrogen and oxygen atoms in total. The van der Waals surface area contributed by atoms with E-state index in [2.05, 4.69) is 118 Å². The van der Waals surface area contributed by atoms with Gasteiger partial charge in [-0.2, -0.15) is 0 Å². The van der Waals surface area contributed by atoms with Gasteiger partial charge in [0, 0.05) is 27.8 Å². The van der Waals surface area contributed by atoms with Gasteiger partial charge < -0.3 is 10.0 Å². The van der Waals surface area contributed by atoms with E-state index >= 15 is 0 Å². The van der Waals surface area contributed by atoms with Gasteiger partial charge in [-0.1, -0.05) is 88.4 Å². The summed E-state index contributed by atoms with van der Waals surface area (Å²) in [6.45, 7) is 9.08. The van der Waals surface area contributed by atoms with Crippen LogP contribution in [0.3, 0.4) is 0 Å². The summed E-state index contributed by atoms with van der Waals surface area (Å²) in [4.78, 5) is 13.8. The maximum Gasteiger partial charge on any atom is 0.335 e. The fraction of sp³-hybridized carbons (Fsp3) is 0.162. The summed E-state index contributed by atoms with van der Waals surface area (Å²) in [7, 11) is 0. The molecule has 40 heavy (non-hydrogen) atoms. The van der Waals surface area contributed by atoms with Crippen LogP contribution in [0.15, 0.2) is 97.1 Å². The van der Waals surface area contributed by atoms with E-state index in [0.717, 1.165) is 22.6 Å². The van der Waals surface area contributed by atoms with Gasteiger partial charge >= 0.3 is 5.97 Å². The molecule has 7 rings (SSSR count). The highest BCUT2D eigenvalue weighted by Gasteiger charge is 2.37. The molecule has 0 saturated carbocycles. The molecule has 0 radical (unpaired) electrons. The van der Waals surface area contributed by atoms with E-state index in [-0.39, 0.29) is 16.4 Å². The van der Waals surface area contributed by atoms with Crippen LogP contribution in [0, 0.1) is 12.1 Å². The predicted octanol–water partition coefficient (Wildman–Crippen LogP) is 9.07. The van der Waals surface area contributed by atoms with Crippen LogP contribution in [0.2, 0.25) is 0 Å². The molecule has 0 spiro atoms. The number of carbonyl (C=O) groups is 1. The fourth-order valence-electron chi connectivity index (χ4n) is 6.67. The van der Waals surface area contributed by atoms with Crippen molar-refractivity contribution in [2.75, 3.05) is 4.90 Å². The van der Waals surface area contributed by atoms with Crippen molar-refractivity contribution in [1.29, 1.82) is 0 Å². The molecule has 2 aliphatic carbocycles. The Morgan fingerprint density at radius 3 is 1.90 bits per heavy atom. The lowest BCUT2D eigenvalue weighted by Gasteiger charge is -2.28. The van der Waals surface area contributed by atoms with Gasteiger partial charge in [0.15, 0.2) is 0 Å². The third-order valence-corrected chi connectivity index (χ3v) is 8.85. The molecule has 0 fully saturated rings. The summed E-state index contributed by atoms with van der Waals surface area (Å²) < 4.78 is 0. The zero-order chi connectivity index (χ0) is 27.8. The number of benzene rings is 4. The number of aromatic carboxylic acids is 1. The first kappa shape index (κ1) is 24.2. The molecule has 5 aromatic rings. The maximum atomic E-state index is 11.6. The summed E-state index contributed by atoms with van der Waals surface area (Å²) in [5, 5.41) is 9.52. The van der Waals surface area contributed by atoms with Gasteiger partial charge in [0.25, 0.3) is 0 Å². The minimum Gasteiger partial charge on any atom is -0.478 e. The Morgan fingerprint density at radius 2 is 1.20 bits per heavy atom. The van der Waals surface area contributed by atoms with E-state index in [1.54, 1.807) is 12.1 Å². The maximum absolute atomic E-state index is 11.6. The Morgan fingerprint density at radius 1 is 0.625 bits per heavy atom. The zero-order valence-electron chi connectivity index (χ0n) is 23.0. The molecular weight excluding hydrogens is 490 g/mol. The Hall–Kier alpha value is -4.81. The second-order valence-electron chi connectivity index (χ2n) is 11.8. The predicted molar refractivity (Wildman–Crippen MR) is 161 cm³/mol. The van der Waals surface area contributed by atoms with Crippen LogP contribution in [0.25, 0.3) is 22.3 Å². The molecule has 3 heteroatoms. The van der Waals surface area contributed by atoms with E-state index in [0.29, 0.717) is 0 Å². The molecule has 0 heterocycles. The number of hydrogen-bond donors (Lipinski definition) is 1. The number of anilines is 3. The highest BCUT2D eigenvalue weighted by atomic mass is 16.4. The Balaban J connectivity index is 1.42. The zero-order valence-corrected chi connectivity index (χ0v) is 23.0. The topological polar surface area (TPSA) is 40.5 Å². The van der Waals surface area contributed by atoms with Crippen molar-refractivity contribution in [2.45, 2.75) is 38.5 Å². The lowest BCUT2D eigenvalue weighted by Crippen LogP contribution is -2.17. The number of hydrogen-bond acceptors (Lipinski definition) is 2. The van der Waals surface area contributed by atoms with Gasteiger partial charge in [-0.25, -0.2) is 4.79 Å². The summed E-state index contributed by atoms with van der Waals surface area (Å²) in [5.74, 6) is -0.938. The second kappa shape index (κ2) is 8.34. The van der Waals surface area contributed by atoms with Crippen LogP contribution >= 0.6 is 0 Å². The quantitative estimate of drug-likeness (QED) is 0.257. The summed E-state index contributed by atoms with van der Waals surface area (Å²) in [6.07, 6.45) is 0. The van der Waals surface area contributed by atoms with Crippen molar-refractivity contribution in [3.63, 3.8) is 0 Å². The van der Waals surface area contributed by atoms with Gasteiger partial charge in [0.2, 0.25) is 0 Å². The number of carboxylic acids is 1. The molecule has 2 aliphatic rings. The lowest BCUT2D eigenvalue weighted by molar-refractivity contribution is 0.0697. The number of rotatable bonds is 4. The van der Waals surface area contributed by atoms with E-state index in [1.165, 1.54) is 38.9 Å². The van der Waals surface area contributed by atoms with Crippen LogP contribution in [-0.2, 0) is 10.8 Å². The molecule has 5 aromatic carbocycles. The summed E-state index contributed by atoms with van der Waals surface area (Å²) >= 11 is 0. The Labute approximate surface area is 235 Å². The van der Waals surface area contributed by atoms with Gasteiger partial charge in [0.05, 0.1) is 11.3 Å². The van der Waals surface area contributed by atoms with Gasteiger partial charge in [-0.05, 0) is 87.5 Å². The first-order valence-electron chi connectivity index (χ1n) is 13.6. The summed E-state index contributed by atoms with van der Waals surface area (Å²) in [6, 6.07) is 40.1. The molecule has 0 aliphatic heterocycles. The molecule has 0 amide bonds. The lowest BCUT2D eigenvalue weighted by atomic mass is 9.82. The van der Waals surface area contributed by atoms with E-state index in [9.17, 15) is 9.90 Å². The van der Waals surface area contributed by atoms with Crippen molar-refractivity contribution in [1.82, 2.24) is 0 Å². The largest absolute Gasteiger partial charge is 0.478 e. The van der Waals surface area contributed by atoms with Crippen molar-refractivity contribution in [3.8, 4) is 22.3 Å². The van der Waals surface area contributed by atoms with Crippen molar-refractivity contribution in [2.24, 2.45) is 0 Å². The van der Waals surface area contributed by atoms with Crippen LogP contribution < -0.4 is 4.90 Å². The molecule has 0 aromatic heterocycles. The molecular formula is C37H29NO2. The third kappa shape index (κ3) is 3.36. The Kier molecular flexibility index (Phi) is 5.06. The molecule has 0 unspecified atom stereocenters. The SMILES string of the molecule is CC1(C)c2cc(N(c3ccc(C(=O)O)cc3)c3ccc4c(c3)C(C)(C)c3ccccc3-4)c#cc2-c2ccccc21. The molecule has 194 valence electrons. The second-order valence-corrected chi connectivity index (χ2v) is 11.8. The van der Waals surface area contributed by atoms with Gasteiger partial charge in [-0.15, -0.1) is 0 Å². The molecule has 1 N–H and O–H groups in total. The normalized spacial score (nSPS) is 14.9. The molecule has 0 bridgehead atoms. The smallest absolute Gasteiger partial charge is 0.335 e. The average Bonchev–Trinajstić information content (AvgIpc) is 3.33. The highest BCUT2D eigenvalue weighted by Crippen LogP contribution is 2.52. The number of fused-ring (bicyclic) bond motifs is 6. The number of nitrogens with zero attached hydrogens (tertiary/aromatic N) is 1. The minimum absolute atomic E-state index is 0.141. The van der Waals surface area contributed by atoms with Crippen LogP contribution in [-0.4, -0.2) is 11.1 Å². The summed E-state index contributed by atoms with van der Waals surface area (Å²) in [5.41, 5.74) is 12.6. The van der Waals surface area contributed by atoms with Crippen molar-refractivity contribution in [3.05, 3.63) is 137 Å². The Bertz CT molecular complexity index is 1720.